The van der Waals surface area contributed by atoms with Crippen molar-refractivity contribution >= 4 is 32.0 Å². The van der Waals surface area contributed by atoms with Crippen molar-refractivity contribution in [1.82, 2.24) is 19.7 Å². The lowest BCUT2D eigenvalue weighted by Crippen LogP contribution is -2.26. The molecule has 0 radical (unpaired) electrons. The van der Waals surface area contributed by atoms with Crippen molar-refractivity contribution in [3.05, 3.63) is 74.4 Å². The molecule has 4 aromatic rings. The van der Waals surface area contributed by atoms with Crippen LogP contribution in [0.2, 0.25) is 0 Å². The number of aryl methyl sites for hydroxylation is 1. The minimum absolute atomic E-state index is 0.0851. The van der Waals surface area contributed by atoms with Crippen LogP contribution in [0, 0.1) is 6.92 Å². The molecule has 4 N–H and O–H groups in total. The first-order valence-corrected chi connectivity index (χ1v) is 10.1. The first-order valence-electron chi connectivity index (χ1n) is 8.66. The average Bonchev–Trinajstić information content (AvgIpc) is 3.02. The van der Waals surface area contributed by atoms with Crippen LogP contribution in [-0.4, -0.2) is 29.9 Å². The summed E-state index contributed by atoms with van der Waals surface area (Å²) < 4.78 is 27.6. The number of imidazole rings is 1. The largest absolute Gasteiger partial charge is 0.323 e. The Labute approximate surface area is 159 Å². The molecule has 0 aliphatic carbocycles. The summed E-state index contributed by atoms with van der Waals surface area (Å²) in [6.45, 7) is 1.96. The van der Waals surface area contributed by atoms with Gasteiger partial charge < -0.3 is 15.0 Å². The van der Waals surface area contributed by atoms with E-state index in [0.29, 0.717) is 23.0 Å². The first-order chi connectivity index (χ1) is 13.3. The van der Waals surface area contributed by atoms with Crippen molar-refractivity contribution in [1.29, 1.82) is 0 Å². The zero-order valence-corrected chi connectivity index (χ0v) is 15.8. The molecule has 9 heteroatoms. The highest BCUT2D eigenvalue weighted by atomic mass is 32.2. The van der Waals surface area contributed by atoms with Crippen LogP contribution in [0.4, 0.5) is 0 Å². The highest BCUT2D eigenvalue weighted by molar-refractivity contribution is 7.89. The van der Waals surface area contributed by atoms with Gasteiger partial charge in [0.1, 0.15) is 0 Å². The summed E-state index contributed by atoms with van der Waals surface area (Å²) in [6, 6.07) is 11.8. The second-order valence-electron chi connectivity index (χ2n) is 6.64. The molecule has 0 fully saturated rings. The summed E-state index contributed by atoms with van der Waals surface area (Å²) in [4.78, 5) is 31.0. The number of aromatic amines is 3. The van der Waals surface area contributed by atoms with Crippen molar-refractivity contribution in [2.24, 2.45) is 0 Å². The molecule has 0 bridgehead atoms. The van der Waals surface area contributed by atoms with Crippen LogP contribution in [0.25, 0.3) is 21.9 Å². The molecule has 0 atom stereocenters. The van der Waals surface area contributed by atoms with Gasteiger partial charge in [-0.05, 0) is 60.7 Å². The molecule has 4 rings (SSSR count). The maximum atomic E-state index is 12.5. The van der Waals surface area contributed by atoms with E-state index in [4.69, 9.17) is 0 Å². The molecule has 0 aliphatic heterocycles. The van der Waals surface area contributed by atoms with Crippen molar-refractivity contribution in [3.8, 4) is 0 Å². The number of H-pyrrole nitrogens is 3. The maximum Gasteiger partial charge on any atom is 0.323 e. The standard InChI is InChI=1S/C19H18N4O4S/c1-11-8-13-9-12(2-4-15(13)21-18(11)24)6-7-20-28(26,27)14-3-5-16-17(10-14)23-19(25)22-16/h2-5,8-10,20H,6-7H2,1H3,(H,21,24)(H2,22,23,25). The number of aromatic nitrogens is 3. The number of fused-ring (bicyclic) bond motifs is 2. The Hall–Kier alpha value is -3.17. The fourth-order valence-electron chi connectivity index (χ4n) is 3.11. The van der Waals surface area contributed by atoms with Gasteiger partial charge in [0.05, 0.1) is 15.9 Å². The van der Waals surface area contributed by atoms with Crippen LogP contribution >= 0.6 is 0 Å². The smallest absolute Gasteiger partial charge is 0.322 e. The number of nitrogens with one attached hydrogen (secondary N) is 4. The number of hydrogen-bond acceptors (Lipinski definition) is 4. The predicted octanol–water partition coefficient (Wildman–Crippen LogP) is 1.53. The fourth-order valence-corrected chi connectivity index (χ4v) is 4.17. The highest BCUT2D eigenvalue weighted by Gasteiger charge is 2.14. The zero-order valence-electron chi connectivity index (χ0n) is 15.0. The molecular weight excluding hydrogens is 380 g/mol. The van der Waals surface area contributed by atoms with Crippen molar-refractivity contribution in [3.63, 3.8) is 0 Å². The maximum absolute atomic E-state index is 12.5. The quantitative estimate of drug-likeness (QED) is 0.406. The molecule has 0 aliphatic rings. The minimum atomic E-state index is -3.70. The molecular formula is C19H18N4O4S. The molecule has 8 nitrogen and oxygen atoms in total. The Balaban J connectivity index is 1.50. The molecule has 2 aromatic carbocycles. The van der Waals surface area contributed by atoms with Crippen molar-refractivity contribution in [2.45, 2.75) is 18.2 Å². The molecule has 144 valence electrons. The third-order valence-electron chi connectivity index (χ3n) is 4.60. The van der Waals surface area contributed by atoms with Gasteiger partial charge in [0.25, 0.3) is 5.56 Å². The lowest BCUT2D eigenvalue weighted by Gasteiger charge is -2.08. The Morgan fingerprint density at radius 2 is 1.64 bits per heavy atom. The molecule has 0 amide bonds. The summed E-state index contributed by atoms with van der Waals surface area (Å²) in [5.74, 6) is 0. The number of pyridine rings is 1. The molecule has 28 heavy (non-hydrogen) atoms. The summed E-state index contributed by atoms with van der Waals surface area (Å²) in [7, 11) is -3.70. The molecule has 0 saturated heterocycles. The molecule has 0 unspecified atom stereocenters. The van der Waals surface area contributed by atoms with Crippen LogP contribution < -0.4 is 16.0 Å². The van der Waals surface area contributed by atoms with E-state index in [2.05, 4.69) is 19.7 Å². The van der Waals surface area contributed by atoms with Crippen LogP contribution in [0.1, 0.15) is 11.1 Å². The van der Waals surface area contributed by atoms with E-state index < -0.39 is 10.0 Å². The van der Waals surface area contributed by atoms with Gasteiger partial charge in [-0.15, -0.1) is 0 Å². The minimum Gasteiger partial charge on any atom is -0.322 e. The van der Waals surface area contributed by atoms with Gasteiger partial charge in [-0.1, -0.05) is 6.07 Å². The number of rotatable bonds is 5. The van der Waals surface area contributed by atoms with Crippen LogP contribution in [0.5, 0.6) is 0 Å². The molecule has 2 aromatic heterocycles. The summed E-state index contributed by atoms with van der Waals surface area (Å²) >= 11 is 0. The number of benzene rings is 2. The van der Waals surface area contributed by atoms with E-state index in [-0.39, 0.29) is 22.7 Å². The van der Waals surface area contributed by atoms with Gasteiger partial charge in [0.2, 0.25) is 10.0 Å². The third-order valence-corrected chi connectivity index (χ3v) is 6.06. The van der Waals surface area contributed by atoms with E-state index >= 15 is 0 Å². The second-order valence-corrected chi connectivity index (χ2v) is 8.40. The van der Waals surface area contributed by atoms with E-state index in [1.165, 1.54) is 12.1 Å². The van der Waals surface area contributed by atoms with Gasteiger partial charge in [0, 0.05) is 17.6 Å². The van der Waals surface area contributed by atoms with Gasteiger partial charge in [-0.2, -0.15) is 0 Å². The van der Waals surface area contributed by atoms with Gasteiger partial charge in [0.15, 0.2) is 0 Å². The Bertz CT molecular complexity index is 1410. The Morgan fingerprint density at radius 3 is 2.46 bits per heavy atom. The summed E-state index contributed by atoms with van der Waals surface area (Å²) in [5.41, 5.74) is 2.81. The number of hydrogen-bond donors (Lipinski definition) is 4. The third kappa shape index (κ3) is 3.49. The van der Waals surface area contributed by atoms with Crippen LogP contribution in [-0.2, 0) is 16.4 Å². The lowest BCUT2D eigenvalue weighted by molar-refractivity contribution is 0.582. The second kappa shape index (κ2) is 6.77. The topological polar surface area (TPSA) is 128 Å². The average molecular weight is 398 g/mol. The van der Waals surface area contributed by atoms with Crippen molar-refractivity contribution < 1.29 is 8.42 Å². The number of sulfonamides is 1. The monoisotopic (exact) mass is 398 g/mol. The van der Waals surface area contributed by atoms with E-state index in [1.807, 2.05) is 24.3 Å². The molecule has 2 heterocycles. The Morgan fingerprint density at radius 1 is 0.893 bits per heavy atom. The van der Waals surface area contributed by atoms with E-state index in [9.17, 15) is 18.0 Å². The summed E-state index contributed by atoms with van der Waals surface area (Å²) in [5, 5.41) is 0.902. The van der Waals surface area contributed by atoms with E-state index in [0.717, 1.165) is 16.5 Å². The predicted molar refractivity (Wildman–Crippen MR) is 107 cm³/mol. The highest BCUT2D eigenvalue weighted by Crippen LogP contribution is 2.16. The zero-order chi connectivity index (χ0) is 19.9. The lowest BCUT2D eigenvalue weighted by atomic mass is 10.1. The SMILES string of the molecule is Cc1cc2cc(CCNS(=O)(=O)c3ccc4[nH]c(=O)[nH]c4c3)ccc2[nH]c1=O. The van der Waals surface area contributed by atoms with Gasteiger partial charge in [-0.3, -0.25) is 4.79 Å². The fraction of sp³-hybridized carbons (Fsp3) is 0.158. The summed E-state index contributed by atoms with van der Waals surface area (Å²) in [6.07, 6.45) is 0.497. The molecule has 0 saturated carbocycles. The Kier molecular flexibility index (Phi) is 4.40. The van der Waals surface area contributed by atoms with E-state index in [1.54, 1.807) is 13.0 Å². The van der Waals surface area contributed by atoms with Crippen LogP contribution in [0.3, 0.4) is 0 Å². The molecule has 0 spiro atoms. The normalized spacial score (nSPS) is 12.0. The van der Waals surface area contributed by atoms with Crippen LogP contribution in [0.15, 0.2) is 56.9 Å². The van der Waals surface area contributed by atoms with Gasteiger partial charge in [-0.25, -0.2) is 17.9 Å². The van der Waals surface area contributed by atoms with Crippen molar-refractivity contribution in [2.75, 3.05) is 6.54 Å². The van der Waals surface area contributed by atoms with Gasteiger partial charge >= 0.3 is 5.69 Å². The first kappa shape index (κ1) is 18.2.